The molecule has 0 unspecified atom stereocenters. The SMILES string of the molecule is Clc1ncc(Cl)c(NC2CCSCC2)n1. The number of hydrogen-bond donors (Lipinski definition) is 1. The van der Waals surface area contributed by atoms with Crippen molar-refractivity contribution in [2.24, 2.45) is 0 Å². The van der Waals surface area contributed by atoms with E-state index in [2.05, 4.69) is 15.3 Å². The molecule has 0 aliphatic carbocycles. The number of thioether (sulfide) groups is 1. The fourth-order valence-corrected chi connectivity index (χ4v) is 2.87. The molecule has 1 aliphatic heterocycles. The lowest BCUT2D eigenvalue weighted by molar-refractivity contribution is 0.663. The zero-order valence-electron chi connectivity index (χ0n) is 8.04. The van der Waals surface area contributed by atoms with Crippen molar-refractivity contribution in [3.05, 3.63) is 16.5 Å². The summed E-state index contributed by atoms with van der Waals surface area (Å²) >= 11 is 13.7. The number of anilines is 1. The average Bonchev–Trinajstić information content (AvgIpc) is 2.25. The summed E-state index contributed by atoms with van der Waals surface area (Å²) in [6.45, 7) is 0. The summed E-state index contributed by atoms with van der Waals surface area (Å²) in [5.74, 6) is 3.02. The second-order valence-electron chi connectivity index (χ2n) is 3.37. The Bertz CT molecular complexity index is 342. The largest absolute Gasteiger partial charge is 0.366 e. The Morgan fingerprint density at radius 3 is 2.80 bits per heavy atom. The van der Waals surface area contributed by atoms with Crippen molar-refractivity contribution >= 4 is 40.8 Å². The Kier molecular flexibility index (Phi) is 3.94. The molecule has 0 aromatic carbocycles. The van der Waals surface area contributed by atoms with E-state index in [1.54, 1.807) is 0 Å². The maximum Gasteiger partial charge on any atom is 0.224 e. The molecule has 1 N–H and O–H groups in total. The van der Waals surface area contributed by atoms with E-state index in [0.717, 1.165) is 12.8 Å². The third-order valence-corrected chi connectivity index (χ3v) is 3.78. The summed E-state index contributed by atoms with van der Waals surface area (Å²) in [4.78, 5) is 7.88. The molecule has 0 spiro atoms. The molecule has 0 bridgehead atoms. The van der Waals surface area contributed by atoms with Crippen LogP contribution >= 0.6 is 35.0 Å². The Morgan fingerprint density at radius 2 is 2.07 bits per heavy atom. The average molecular weight is 264 g/mol. The van der Waals surface area contributed by atoms with Gasteiger partial charge in [0.15, 0.2) is 0 Å². The van der Waals surface area contributed by atoms with Crippen molar-refractivity contribution in [3.63, 3.8) is 0 Å². The molecule has 1 aliphatic rings. The van der Waals surface area contributed by atoms with Crippen molar-refractivity contribution in [2.75, 3.05) is 16.8 Å². The molecule has 0 atom stereocenters. The molecule has 0 amide bonds. The maximum absolute atomic E-state index is 5.96. The van der Waals surface area contributed by atoms with Gasteiger partial charge in [-0.05, 0) is 35.9 Å². The van der Waals surface area contributed by atoms with Gasteiger partial charge in [0.25, 0.3) is 0 Å². The first-order chi connectivity index (χ1) is 7.25. The van der Waals surface area contributed by atoms with Gasteiger partial charge in [-0.15, -0.1) is 0 Å². The van der Waals surface area contributed by atoms with Gasteiger partial charge in [0.1, 0.15) is 10.8 Å². The van der Waals surface area contributed by atoms with Crippen LogP contribution in [0.15, 0.2) is 6.20 Å². The molecule has 0 radical (unpaired) electrons. The van der Waals surface area contributed by atoms with E-state index in [1.807, 2.05) is 11.8 Å². The van der Waals surface area contributed by atoms with Crippen LogP contribution in [0.25, 0.3) is 0 Å². The maximum atomic E-state index is 5.96. The second kappa shape index (κ2) is 5.23. The summed E-state index contributed by atoms with van der Waals surface area (Å²) in [5, 5.41) is 4.06. The number of nitrogens with zero attached hydrogens (tertiary/aromatic N) is 2. The van der Waals surface area contributed by atoms with E-state index in [0.29, 0.717) is 16.9 Å². The molecule has 2 heterocycles. The number of rotatable bonds is 2. The number of halogens is 2. The molecule has 2 rings (SSSR count). The summed E-state index contributed by atoms with van der Waals surface area (Å²) < 4.78 is 0. The standard InChI is InChI=1S/C9H11Cl2N3S/c10-7-5-12-9(11)14-8(7)13-6-1-3-15-4-2-6/h5-6H,1-4H2,(H,12,13,14). The Balaban J connectivity index is 2.05. The van der Waals surface area contributed by atoms with Crippen LogP contribution in [0.4, 0.5) is 5.82 Å². The van der Waals surface area contributed by atoms with Gasteiger partial charge in [0, 0.05) is 6.04 Å². The fourth-order valence-electron chi connectivity index (χ4n) is 1.48. The van der Waals surface area contributed by atoms with Gasteiger partial charge in [0.05, 0.1) is 6.20 Å². The van der Waals surface area contributed by atoms with Gasteiger partial charge in [-0.3, -0.25) is 0 Å². The Labute approximate surface area is 103 Å². The third-order valence-electron chi connectivity index (χ3n) is 2.28. The molecule has 0 saturated carbocycles. The van der Waals surface area contributed by atoms with Gasteiger partial charge < -0.3 is 5.32 Å². The van der Waals surface area contributed by atoms with Crippen LogP contribution in [0.1, 0.15) is 12.8 Å². The van der Waals surface area contributed by atoms with Crippen molar-refractivity contribution in [3.8, 4) is 0 Å². The monoisotopic (exact) mass is 263 g/mol. The van der Waals surface area contributed by atoms with Crippen molar-refractivity contribution < 1.29 is 0 Å². The lowest BCUT2D eigenvalue weighted by atomic mass is 10.1. The van der Waals surface area contributed by atoms with Gasteiger partial charge in [-0.1, -0.05) is 11.6 Å². The first-order valence-corrected chi connectivity index (χ1v) is 6.69. The molecule has 15 heavy (non-hydrogen) atoms. The molecule has 1 fully saturated rings. The van der Waals surface area contributed by atoms with Crippen LogP contribution in [-0.2, 0) is 0 Å². The van der Waals surface area contributed by atoms with Crippen LogP contribution in [0.2, 0.25) is 10.3 Å². The van der Waals surface area contributed by atoms with E-state index in [9.17, 15) is 0 Å². The van der Waals surface area contributed by atoms with Crippen LogP contribution in [0.5, 0.6) is 0 Å². The minimum absolute atomic E-state index is 0.229. The molecule has 1 aromatic rings. The zero-order chi connectivity index (χ0) is 10.7. The quantitative estimate of drug-likeness (QED) is 0.833. The fraction of sp³-hybridized carbons (Fsp3) is 0.556. The van der Waals surface area contributed by atoms with Crippen molar-refractivity contribution in [1.29, 1.82) is 0 Å². The molecule has 1 aromatic heterocycles. The van der Waals surface area contributed by atoms with Gasteiger partial charge in [-0.25, -0.2) is 4.98 Å². The topological polar surface area (TPSA) is 37.8 Å². The number of nitrogens with one attached hydrogen (secondary N) is 1. The normalized spacial score (nSPS) is 17.7. The highest BCUT2D eigenvalue weighted by Gasteiger charge is 2.15. The minimum Gasteiger partial charge on any atom is -0.366 e. The minimum atomic E-state index is 0.229. The van der Waals surface area contributed by atoms with Crippen LogP contribution in [0, 0.1) is 0 Å². The third kappa shape index (κ3) is 3.13. The van der Waals surface area contributed by atoms with Crippen LogP contribution < -0.4 is 5.32 Å². The zero-order valence-corrected chi connectivity index (χ0v) is 10.4. The van der Waals surface area contributed by atoms with Gasteiger partial charge >= 0.3 is 0 Å². The predicted octanol–water partition coefficient (Wildman–Crippen LogP) is 3.09. The number of aromatic nitrogens is 2. The smallest absolute Gasteiger partial charge is 0.224 e. The molecule has 1 saturated heterocycles. The first-order valence-electron chi connectivity index (χ1n) is 4.78. The molecular formula is C9H11Cl2N3S. The van der Waals surface area contributed by atoms with Gasteiger partial charge in [-0.2, -0.15) is 16.7 Å². The molecular weight excluding hydrogens is 253 g/mol. The highest BCUT2D eigenvalue weighted by molar-refractivity contribution is 7.99. The summed E-state index contributed by atoms with van der Waals surface area (Å²) in [5.41, 5.74) is 0. The van der Waals surface area contributed by atoms with Crippen LogP contribution in [-0.4, -0.2) is 27.5 Å². The Morgan fingerprint density at radius 1 is 1.33 bits per heavy atom. The predicted molar refractivity (Wildman–Crippen MR) is 66.0 cm³/mol. The van der Waals surface area contributed by atoms with Gasteiger partial charge in [0.2, 0.25) is 5.28 Å². The van der Waals surface area contributed by atoms with Crippen molar-refractivity contribution in [1.82, 2.24) is 9.97 Å². The summed E-state index contributed by atoms with van der Waals surface area (Å²) in [6, 6.07) is 0.453. The lowest BCUT2D eigenvalue weighted by Crippen LogP contribution is -2.25. The van der Waals surface area contributed by atoms with E-state index >= 15 is 0 Å². The summed E-state index contributed by atoms with van der Waals surface area (Å²) in [7, 11) is 0. The highest BCUT2D eigenvalue weighted by atomic mass is 35.5. The molecule has 6 heteroatoms. The first kappa shape index (κ1) is 11.3. The van der Waals surface area contributed by atoms with E-state index in [1.165, 1.54) is 17.7 Å². The summed E-state index contributed by atoms with van der Waals surface area (Å²) in [6.07, 6.45) is 3.81. The lowest BCUT2D eigenvalue weighted by Gasteiger charge is -2.23. The van der Waals surface area contributed by atoms with E-state index in [4.69, 9.17) is 23.2 Å². The van der Waals surface area contributed by atoms with E-state index in [-0.39, 0.29) is 5.28 Å². The molecule has 3 nitrogen and oxygen atoms in total. The number of hydrogen-bond acceptors (Lipinski definition) is 4. The second-order valence-corrected chi connectivity index (χ2v) is 5.34. The highest BCUT2D eigenvalue weighted by Crippen LogP contribution is 2.24. The van der Waals surface area contributed by atoms with E-state index < -0.39 is 0 Å². The Hall–Kier alpha value is -0.190. The molecule has 82 valence electrons. The van der Waals surface area contributed by atoms with Crippen LogP contribution in [0.3, 0.4) is 0 Å². The van der Waals surface area contributed by atoms with Crippen molar-refractivity contribution in [2.45, 2.75) is 18.9 Å².